The van der Waals surface area contributed by atoms with Crippen molar-refractivity contribution >= 4 is 68.9 Å². The van der Waals surface area contributed by atoms with Crippen LogP contribution in [0.25, 0.3) is 39.0 Å². The molecule has 9 aromatic rings. The summed E-state index contributed by atoms with van der Waals surface area (Å²) in [5.41, 5.74) is 1.82. The number of hydrogen-bond donors (Lipinski definition) is 5. The van der Waals surface area contributed by atoms with Crippen molar-refractivity contribution in [3.8, 4) is 33.8 Å². The first-order chi connectivity index (χ1) is 36.0. The summed E-state index contributed by atoms with van der Waals surface area (Å²) in [6, 6.07) is 26.4. The number of carbonyl (C=O) groups excluding carboxylic acids is 2. The summed E-state index contributed by atoms with van der Waals surface area (Å²) in [5, 5.41) is 19.2. The number of rotatable bonds is 16. The third-order valence-electron chi connectivity index (χ3n) is 11.2. The summed E-state index contributed by atoms with van der Waals surface area (Å²) >= 11 is 0. The molecule has 22 heteroatoms. The van der Waals surface area contributed by atoms with E-state index in [4.69, 9.17) is 9.72 Å². The Balaban J connectivity index is 0.917. The average Bonchev–Trinajstić information content (AvgIpc) is 4.02. The summed E-state index contributed by atoms with van der Waals surface area (Å²) in [4.78, 5) is 43.5. The molecule has 0 bridgehead atoms. The fraction of sp³-hybridized carbons (Fsp3) is 0.0755. The lowest BCUT2D eigenvalue weighted by Gasteiger charge is -2.16. The van der Waals surface area contributed by atoms with Crippen molar-refractivity contribution in [2.24, 2.45) is 7.05 Å². The van der Waals surface area contributed by atoms with Crippen LogP contribution in [0.5, 0.6) is 5.75 Å². The van der Waals surface area contributed by atoms with Crippen LogP contribution in [0.15, 0.2) is 171 Å². The highest BCUT2D eigenvalue weighted by atomic mass is 19.4. The maximum Gasteiger partial charge on any atom is 0.416 e. The zero-order chi connectivity index (χ0) is 52.9. The fourth-order valence-electron chi connectivity index (χ4n) is 7.63. The molecule has 4 aromatic heterocycles. The molecular weight excluding hydrogens is 986 g/mol. The van der Waals surface area contributed by atoms with E-state index in [0.717, 1.165) is 36.4 Å². The van der Waals surface area contributed by atoms with Crippen LogP contribution >= 0.6 is 0 Å². The smallest absolute Gasteiger partial charge is 0.416 e. The lowest BCUT2D eigenvalue weighted by atomic mass is 10.1. The van der Waals surface area contributed by atoms with Gasteiger partial charge >= 0.3 is 12.4 Å². The molecule has 75 heavy (non-hydrogen) atoms. The molecule has 0 spiro atoms. The first kappa shape index (κ1) is 50.1. The molecule has 0 fully saturated rings. The van der Waals surface area contributed by atoms with E-state index in [1.807, 2.05) is 0 Å². The first-order valence-corrected chi connectivity index (χ1v) is 22.4. The van der Waals surface area contributed by atoms with Crippen molar-refractivity contribution in [2.45, 2.75) is 12.4 Å². The van der Waals surface area contributed by atoms with E-state index in [2.05, 4.69) is 53.2 Å². The molecule has 0 aliphatic carbocycles. The fourth-order valence-corrected chi connectivity index (χ4v) is 7.63. The van der Waals surface area contributed by atoms with Gasteiger partial charge in [-0.05, 0) is 96.1 Å². The van der Waals surface area contributed by atoms with Crippen LogP contribution < -0.4 is 31.3 Å². The second kappa shape index (κ2) is 21.1. The number of anilines is 8. The summed E-state index contributed by atoms with van der Waals surface area (Å²) in [6.45, 7) is 3.33. The van der Waals surface area contributed by atoms with Crippen LogP contribution in [0, 0.1) is 5.82 Å². The normalized spacial score (nSPS) is 11.6. The van der Waals surface area contributed by atoms with E-state index in [1.165, 1.54) is 60.9 Å². The number of nitrogens with zero attached hydrogens (tertiary/aromatic N) is 7. The molecular formula is C53H39F7N12O3. The molecule has 378 valence electrons. The predicted molar refractivity (Wildman–Crippen MR) is 270 cm³/mol. The van der Waals surface area contributed by atoms with Gasteiger partial charge in [0, 0.05) is 60.1 Å². The standard InChI is InChI=1S/C53H39F7N12O3/c1-3-46(73)64-35-21-22-40(54)43(26-35)67-48-38(31-13-17-33(18-14-31)52(55,56)57)28-61-51(69-48)68-42-8-4-5-11-45(42)75-25-7-12-47(74)66-41-9-6-10-44-37(41)23-24-72(44)49-39(32-15-19-34(20-16-32)53(58,59)60)29-62-50(70-49)65-36-27-63-71(2)30-36/h3-24,26-30H,1,25H2,2H3,(H,64,73)(H,66,74)(H,62,65,70)(H2,61,67,68,69)/b12-7-. The summed E-state index contributed by atoms with van der Waals surface area (Å²) < 4.78 is 105. The van der Waals surface area contributed by atoms with E-state index in [9.17, 15) is 35.9 Å². The molecule has 0 unspecified atom stereocenters. The van der Waals surface area contributed by atoms with Gasteiger partial charge in [0.05, 0.1) is 45.6 Å². The molecule has 5 aromatic carbocycles. The minimum atomic E-state index is -4.59. The molecule has 5 N–H and O–H groups in total. The number of para-hydroxylation sites is 2. The minimum Gasteiger partial charge on any atom is -0.487 e. The number of hydrogen-bond acceptors (Lipinski definition) is 11. The number of amides is 2. The number of benzene rings is 5. The topological polar surface area (TPSA) is 178 Å². The molecule has 4 heterocycles. The zero-order valence-electron chi connectivity index (χ0n) is 39.0. The van der Waals surface area contributed by atoms with Gasteiger partial charge in [0.1, 0.15) is 24.0 Å². The summed E-state index contributed by atoms with van der Waals surface area (Å²) in [5.74, 6) is -0.930. The van der Waals surface area contributed by atoms with Crippen LogP contribution in [0.2, 0.25) is 0 Å². The molecule has 0 radical (unpaired) electrons. The van der Waals surface area contributed by atoms with Gasteiger partial charge in [-0.2, -0.15) is 41.4 Å². The Morgan fingerprint density at radius 3 is 2.03 bits per heavy atom. The molecule has 2 amide bonds. The molecule has 0 atom stereocenters. The Kier molecular flexibility index (Phi) is 14.1. The van der Waals surface area contributed by atoms with Crippen LogP contribution in [-0.4, -0.2) is 52.7 Å². The van der Waals surface area contributed by atoms with Gasteiger partial charge in [-0.25, -0.2) is 14.4 Å². The SMILES string of the molecule is C=CC(=O)Nc1ccc(F)c(Nc2nc(Nc3ccccc3OC/C=C\C(=O)Nc3cccc4c3ccn4-c3nc(Nc4cnn(C)c4)ncc3-c3ccc(C(F)(F)F)cc3)ncc2-c2ccc(C(F)(F)F)cc2)c1. The molecule has 0 aliphatic rings. The first-order valence-electron chi connectivity index (χ1n) is 22.4. The summed E-state index contributed by atoms with van der Waals surface area (Å²) in [6.07, 6.45) is 2.58. The maximum absolute atomic E-state index is 15.2. The van der Waals surface area contributed by atoms with Crippen LogP contribution in [0.4, 0.5) is 76.9 Å². The Morgan fingerprint density at radius 1 is 0.680 bits per heavy atom. The summed E-state index contributed by atoms with van der Waals surface area (Å²) in [7, 11) is 1.75. The van der Waals surface area contributed by atoms with Gasteiger partial charge < -0.3 is 35.9 Å². The maximum atomic E-state index is 15.2. The van der Waals surface area contributed by atoms with E-state index in [1.54, 1.807) is 83.4 Å². The van der Waals surface area contributed by atoms with Crippen LogP contribution in [0.3, 0.4) is 0 Å². The Bertz CT molecular complexity index is 3610. The van der Waals surface area contributed by atoms with Gasteiger partial charge in [-0.1, -0.05) is 49.0 Å². The van der Waals surface area contributed by atoms with E-state index in [-0.39, 0.29) is 46.8 Å². The second-order valence-electron chi connectivity index (χ2n) is 16.3. The number of ether oxygens (including phenoxy) is 1. The van der Waals surface area contributed by atoms with Gasteiger partial charge in [0.2, 0.25) is 23.7 Å². The van der Waals surface area contributed by atoms with E-state index >= 15 is 4.39 Å². The van der Waals surface area contributed by atoms with Gasteiger partial charge in [-0.15, -0.1) is 0 Å². The molecule has 0 saturated carbocycles. The Labute approximate surface area is 421 Å². The molecule has 9 rings (SSSR count). The van der Waals surface area contributed by atoms with E-state index in [0.29, 0.717) is 50.7 Å². The lowest BCUT2D eigenvalue weighted by Crippen LogP contribution is -2.09. The lowest BCUT2D eigenvalue weighted by molar-refractivity contribution is -0.138. The van der Waals surface area contributed by atoms with Crippen LogP contribution in [-0.2, 0) is 29.0 Å². The molecule has 15 nitrogen and oxygen atoms in total. The minimum absolute atomic E-state index is 0.00173. The van der Waals surface area contributed by atoms with Crippen molar-refractivity contribution in [3.05, 3.63) is 188 Å². The highest BCUT2D eigenvalue weighted by Gasteiger charge is 2.31. The van der Waals surface area contributed by atoms with Crippen molar-refractivity contribution in [2.75, 3.05) is 33.2 Å². The number of fused-ring (bicyclic) bond motifs is 1. The second-order valence-corrected chi connectivity index (χ2v) is 16.3. The van der Waals surface area contributed by atoms with E-state index < -0.39 is 41.1 Å². The largest absolute Gasteiger partial charge is 0.487 e. The number of aromatic nitrogens is 7. The third-order valence-corrected chi connectivity index (χ3v) is 11.2. The number of nitrogens with one attached hydrogen (secondary N) is 5. The number of alkyl halides is 6. The van der Waals surface area contributed by atoms with Crippen LogP contribution in [0.1, 0.15) is 11.1 Å². The monoisotopic (exact) mass is 1020 g/mol. The van der Waals surface area contributed by atoms with Crippen molar-refractivity contribution in [1.29, 1.82) is 0 Å². The van der Waals surface area contributed by atoms with Gasteiger partial charge in [0.25, 0.3) is 0 Å². The van der Waals surface area contributed by atoms with Crippen molar-refractivity contribution in [1.82, 2.24) is 34.3 Å². The molecule has 0 saturated heterocycles. The average molecular weight is 1020 g/mol. The zero-order valence-corrected chi connectivity index (χ0v) is 39.0. The number of carbonyl (C=O) groups is 2. The highest BCUT2D eigenvalue weighted by molar-refractivity contribution is 6.06. The molecule has 0 aliphatic heterocycles. The number of aryl methyl sites for hydroxylation is 1. The highest BCUT2D eigenvalue weighted by Crippen LogP contribution is 2.38. The van der Waals surface area contributed by atoms with Gasteiger partial charge in [-0.3, -0.25) is 14.3 Å². The predicted octanol–water partition coefficient (Wildman–Crippen LogP) is 12.4. The Morgan fingerprint density at radius 2 is 1.35 bits per heavy atom. The number of halogens is 7. The van der Waals surface area contributed by atoms with Crippen molar-refractivity contribution in [3.63, 3.8) is 0 Å². The quantitative estimate of drug-likeness (QED) is 0.0460. The van der Waals surface area contributed by atoms with Crippen molar-refractivity contribution < 1.29 is 45.1 Å². The van der Waals surface area contributed by atoms with Gasteiger partial charge in [0.15, 0.2) is 5.82 Å². The Hall–Kier alpha value is -9.86. The third kappa shape index (κ3) is 11.8.